The summed E-state index contributed by atoms with van der Waals surface area (Å²) in [5.41, 5.74) is 2.19. The number of thiazole rings is 1. The highest BCUT2D eigenvalue weighted by Gasteiger charge is 2.46. The Hall–Kier alpha value is -1.93. The molecule has 2 atom stereocenters. The largest absolute Gasteiger partial charge is 0.503 e. The molecule has 1 aliphatic heterocycles. The van der Waals surface area contributed by atoms with Crippen molar-refractivity contribution >= 4 is 23.2 Å². The summed E-state index contributed by atoms with van der Waals surface area (Å²) < 4.78 is 0. The van der Waals surface area contributed by atoms with Crippen LogP contribution in [0.5, 0.6) is 0 Å². The zero-order chi connectivity index (χ0) is 17.0. The average molecular weight is 339 g/mol. The van der Waals surface area contributed by atoms with Crippen LogP contribution in [0.3, 0.4) is 0 Å². The molecular weight excluding hydrogens is 318 g/mol. The summed E-state index contributed by atoms with van der Waals surface area (Å²) in [4.78, 5) is 30.2. The van der Waals surface area contributed by atoms with E-state index >= 15 is 0 Å². The maximum Gasteiger partial charge on any atom is 0.290 e. The molecule has 0 aromatic carbocycles. The van der Waals surface area contributed by atoms with Gasteiger partial charge in [-0.15, -0.1) is 11.3 Å². The van der Waals surface area contributed by atoms with Crippen LogP contribution < -0.4 is 5.48 Å². The molecule has 2 rings (SSSR count). The van der Waals surface area contributed by atoms with E-state index in [-0.39, 0.29) is 5.76 Å². The molecule has 8 heteroatoms. The van der Waals surface area contributed by atoms with Gasteiger partial charge in [0.25, 0.3) is 11.8 Å². The number of aliphatic hydroxyl groups is 1. The molecule has 126 valence electrons. The molecule has 0 saturated carbocycles. The first-order valence-corrected chi connectivity index (χ1v) is 8.52. The predicted molar refractivity (Wildman–Crippen MR) is 84.9 cm³/mol. The van der Waals surface area contributed by atoms with E-state index in [1.165, 1.54) is 16.2 Å². The van der Waals surface area contributed by atoms with Crippen molar-refractivity contribution in [3.05, 3.63) is 27.9 Å². The SMILES string of the molecule is CCCCC(C(=O)NO)N1C(=O)C(O)=C(CC)C1c1nccs1. The first-order chi connectivity index (χ1) is 11.1. The normalized spacial score (nSPS) is 19.3. The van der Waals surface area contributed by atoms with E-state index < -0.39 is 23.9 Å². The average Bonchev–Trinajstić information content (AvgIpc) is 3.16. The van der Waals surface area contributed by atoms with Gasteiger partial charge in [0.2, 0.25) is 0 Å². The molecule has 0 bridgehead atoms. The van der Waals surface area contributed by atoms with Crippen molar-refractivity contribution in [2.45, 2.75) is 51.6 Å². The Morgan fingerprint density at radius 2 is 2.26 bits per heavy atom. The second kappa shape index (κ2) is 7.56. The molecule has 2 amide bonds. The smallest absolute Gasteiger partial charge is 0.290 e. The number of carbonyl (C=O) groups excluding carboxylic acids is 2. The Morgan fingerprint density at radius 1 is 1.52 bits per heavy atom. The number of unbranched alkanes of at least 4 members (excludes halogenated alkanes) is 1. The molecule has 1 aliphatic rings. The number of amides is 2. The molecule has 2 heterocycles. The molecule has 0 fully saturated rings. The Labute approximate surface area is 138 Å². The standard InChI is InChI=1S/C15H21N3O4S/c1-3-5-6-10(13(20)17-22)18-11(14-16-7-8-23-14)9(4-2)12(19)15(18)21/h7-8,10-11,19,22H,3-6H2,1-2H3,(H,17,20). The molecule has 3 N–H and O–H groups in total. The van der Waals surface area contributed by atoms with E-state index in [2.05, 4.69) is 4.98 Å². The lowest BCUT2D eigenvalue weighted by atomic mass is 10.0. The van der Waals surface area contributed by atoms with Gasteiger partial charge in [0, 0.05) is 17.2 Å². The summed E-state index contributed by atoms with van der Waals surface area (Å²) in [6, 6.07) is -1.42. The van der Waals surface area contributed by atoms with Gasteiger partial charge in [-0.25, -0.2) is 10.5 Å². The van der Waals surface area contributed by atoms with Gasteiger partial charge in [0.05, 0.1) is 0 Å². The van der Waals surface area contributed by atoms with Gasteiger partial charge in [-0.2, -0.15) is 0 Å². The van der Waals surface area contributed by atoms with Gasteiger partial charge in [-0.1, -0.05) is 26.7 Å². The van der Waals surface area contributed by atoms with Crippen LogP contribution in [0.25, 0.3) is 0 Å². The number of hydrogen-bond donors (Lipinski definition) is 3. The van der Waals surface area contributed by atoms with Crippen LogP contribution >= 0.6 is 11.3 Å². The number of nitrogens with zero attached hydrogens (tertiary/aromatic N) is 2. The Kier molecular flexibility index (Phi) is 5.73. The minimum atomic E-state index is -0.854. The van der Waals surface area contributed by atoms with Crippen LogP contribution in [-0.4, -0.2) is 38.1 Å². The highest BCUT2D eigenvalue weighted by atomic mass is 32.1. The van der Waals surface area contributed by atoms with Crippen molar-refractivity contribution < 1.29 is 19.9 Å². The fourth-order valence-electron chi connectivity index (χ4n) is 2.86. The molecule has 7 nitrogen and oxygen atoms in total. The third kappa shape index (κ3) is 3.23. The first-order valence-electron chi connectivity index (χ1n) is 7.64. The van der Waals surface area contributed by atoms with Gasteiger partial charge in [-0.05, 0) is 12.8 Å². The maximum atomic E-state index is 12.5. The second-order valence-corrected chi connectivity index (χ2v) is 6.27. The lowest BCUT2D eigenvalue weighted by Crippen LogP contribution is -2.48. The molecule has 0 aliphatic carbocycles. The van der Waals surface area contributed by atoms with Crippen LogP contribution in [-0.2, 0) is 9.59 Å². The third-order valence-electron chi connectivity index (χ3n) is 4.00. The third-order valence-corrected chi connectivity index (χ3v) is 4.82. The van der Waals surface area contributed by atoms with E-state index in [4.69, 9.17) is 5.21 Å². The zero-order valence-electron chi connectivity index (χ0n) is 13.2. The van der Waals surface area contributed by atoms with Crippen molar-refractivity contribution in [3.8, 4) is 0 Å². The van der Waals surface area contributed by atoms with E-state index in [1.54, 1.807) is 17.1 Å². The Bertz CT molecular complexity index is 600. The fraction of sp³-hybridized carbons (Fsp3) is 0.533. The van der Waals surface area contributed by atoms with Crippen LogP contribution in [0.2, 0.25) is 0 Å². The fourth-order valence-corrected chi connectivity index (χ4v) is 3.63. The number of hydroxylamine groups is 1. The summed E-state index contributed by atoms with van der Waals surface area (Å²) >= 11 is 1.36. The number of nitrogens with one attached hydrogen (secondary N) is 1. The number of aromatic nitrogens is 1. The minimum Gasteiger partial charge on any atom is -0.503 e. The van der Waals surface area contributed by atoms with Crippen molar-refractivity contribution in [3.63, 3.8) is 0 Å². The van der Waals surface area contributed by atoms with Crippen LogP contribution in [0, 0.1) is 0 Å². The molecule has 0 radical (unpaired) electrons. The first kappa shape index (κ1) is 17.4. The number of rotatable bonds is 7. The molecule has 2 unspecified atom stereocenters. The van der Waals surface area contributed by atoms with Gasteiger partial charge < -0.3 is 10.0 Å². The van der Waals surface area contributed by atoms with Gasteiger partial charge in [0.15, 0.2) is 5.76 Å². The molecule has 0 saturated heterocycles. The summed E-state index contributed by atoms with van der Waals surface area (Å²) in [5.74, 6) is -1.56. The summed E-state index contributed by atoms with van der Waals surface area (Å²) in [7, 11) is 0. The quantitative estimate of drug-likeness (QED) is 0.522. The Morgan fingerprint density at radius 3 is 2.78 bits per heavy atom. The molecule has 0 spiro atoms. The Balaban J connectivity index is 2.44. The van der Waals surface area contributed by atoms with Gasteiger partial charge in [0.1, 0.15) is 17.1 Å². The lowest BCUT2D eigenvalue weighted by Gasteiger charge is -2.31. The molecular formula is C15H21N3O4S. The highest BCUT2D eigenvalue weighted by molar-refractivity contribution is 7.09. The molecule has 1 aromatic rings. The zero-order valence-corrected chi connectivity index (χ0v) is 14.0. The minimum absolute atomic E-state index is 0.320. The second-order valence-electron chi connectivity index (χ2n) is 5.35. The number of aliphatic hydroxyl groups excluding tert-OH is 1. The lowest BCUT2D eigenvalue weighted by molar-refractivity contribution is -0.144. The number of carbonyl (C=O) groups is 2. The van der Waals surface area contributed by atoms with Gasteiger partial charge in [-0.3, -0.25) is 14.8 Å². The predicted octanol–water partition coefficient (Wildman–Crippen LogP) is 2.31. The van der Waals surface area contributed by atoms with Crippen molar-refractivity contribution in [1.82, 2.24) is 15.4 Å². The summed E-state index contributed by atoms with van der Waals surface area (Å²) in [6.45, 7) is 3.82. The maximum absolute atomic E-state index is 12.5. The molecule has 1 aromatic heterocycles. The van der Waals surface area contributed by atoms with Crippen molar-refractivity contribution in [2.75, 3.05) is 0 Å². The van der Waals surface area contributed by atoms with Crippen LogP contribution in [0.1, 0.15) is 50.6 Å². The van der Waals surface area contributed by atoms with Crippen LogP contribution in [0.4, 0.5) is 0 Å². The molecule has 23 heavy (non-hydrogen) atoms. The van der Waals surface area contributed by atoms with Crippen LogP contribution in [0.15, 0.2) is 22.9 Å². The summed E-state index contributed by atoms with van der Waals surface area (Å²) in [5, 5.41) is 21.7. The van der Waals surface area contributed by atoms with Crippen molar-refractivity contribution in [2.24, 2.45) is 0 Å². The van der Waals surface area contributed by atoms with E-state index in [0.717, 1.165) is 6.42 Å². The summed E-state index contributed by atoms with van der Waals surface area (Å²) in [6.07, 6.45) is 4.06. The number of hydrogen-bond acceptors (Lipinski definition) is 6. The van der Waals surface area contributed by atoms with Crippen molar-refractivity contribution in [1.29, 1.82) is 0 Å². The van der Waals surface area contributed by atoms with E-state index in [1.807, 2.05) is 13.8 Å². The topological polar surface area (TPSA) is 103 Å². The van der Waals surface area contributed by atoms with Gasteiger partial charge >= 0.3 is 0 Å². The monoisotopic (exact) mass is 339 g/mol. The van der Waals surface area contributed by atoms with E-state index in [0.29, 0.717) is 29.8 Å². The van der Waals surface area contributed by atoms with E-state index in [9.17, 15) is 14.7 Å². The highest BCUT2D eigenvalue weighted by Crippen LogP contribution is 2.41.